The Morgan fingerprint density at radius 2 is 2.28 bits per heavy atom. The van der Waals surface area contributed by atoms with E-state index in [9.17, 15) is 4.79 Å². The first-order valence-electron chi connectivity index (χ1n) is 6.30. The number of nitrogens with zero attached hydrogens (tertiary/aromatic N) is 2. The highest BCUT2D eigenvalue weighted by Crippen LogP contribution is 2.26. The third-order valence-corrected chi connectivity index (χ3v) is 4.19. The summed E-state index contributed by atoms with van der Waals surface area (Å²) in [7, 11) is 0. The number of hydrogen-bond donors (Lipinski definition) is 2. The standard InChI is InChI=1S/C12H20N4OS/c1-8(13)6-10-7-18-12(15-10)16-4-2-9(3-5-16)11(14)17/h7-9H,2-6,13H2,1H3,(H2,14,17). The molecule has 0 aliphatic carbocycles. The summed E-state index contributed by atoms with van der Waals surface area (Å²) in [6.07, 6.45) is 2.48. The number of rotatable bonds is 4. The van der Waals surface area contributed by atoms with Gasteiger partial charge in [-0.2, -0.15) is 0 Å². The molecule has 2 heterocycles. The van der Waals surface area contributed by atoms with Gasteiger partial charge in [-0.3, -0.25) is 4.79 Å². The zero-order valence-corrected chi connectivity index (χ0v) is 11.4. The molecule has 0 saturated carbocycles. The summed E-state index contributed by atoms with van der Waals surface area (Å²) >= 11 is 1.65. The van der Waals surface area contributed by atoms with Crippen molar-refractivity contribution in [3.05, 3.63) is 11.1 Å². The lowest BCUT2D eigenvalue weighted by Gasteiger charge is -2.30. The first kappa shape index (κ1) is 13.3. The smallest absolute Gasteiger partial charge is 0.220 e. The van der Waals surface area contributed by atoms with Gasteiger partial charge in [0.25, 0.3) is 0 Å². The van der Waals surface area contributed by atoms with Gasteiger partial charge in [-0.25, -0.2) is 4.98 Å². The van der Waals surface area contributed by atoms with Crippen LogP contribution in [0.5, 0.6) is 0 Å². The van der Waals surface area contributed by atoms with Crippen molar-refractivity contribution in [1.29, 1.82) is 0 Å². The van der Waals surface area contributed by atoms with E-state index in [1.807, 2.05) is 6.92 Å². The molecule has 2 rings (SSSR count). The van der Waals surface area contributed by atoms with Gasteiger partial charge >= 0.3 is 0 Å². The van der Waals surface area contributed by atoms with Crippen LogP contribution >= 0.6 is 11.3 Å². The molecule has 1 unspecified atom stereocenters. The number of carbonyl (C=O) groups is 1. The second kappa shape index (κ2) is 5.67. The van der Waals surface area contributed by atoms with Crippen LogP contribution in [-0.2, 0) is 11.2 Å². The van der Waals surface area contributed by atoms with Crippen molar-refractivity contribution in [3.8, 4) is 0 Å². The molecule has 1 aliphatic rings. The first-order chi connectivity index (χ1) is 8.56. The maximum atomic E-state index is 11.1. The van der Waals surface area contributed by atoms with Gasteiger partial charge < -0.3 is 16.4 Å². The predicted molar refractivity (Wildman–Crippen MR) is 73.6 cm³/mol. The molecule has 6 heteroatoms. The monoisotopic (exact) mass is 268 g/mol. The molecule has 1 aromatic heterocycles. The minimum absolute atomic E-state index is 0.0322. The molecule has 1 fully saturated rings. The van der Waals surface area contributed by atoms with Gasteiger partial charge in [0.1, 0.15) is 0 Å². The van der Waals surface area contributed by atoms with Gasteiger partial charge in [0, 0.05) is 36.9 Å². The van der Waals surface area contributed by atoms with Crippen molar-refractivity contribution < 1.29 is 4.79 Å². The van der Waals surface area contributed by atoms with E-state index in [0.717, 1.165) is 43.2 Å². The van der Waals surface area contributed by atoms with Crippen molar-refractivity contribution in [3.63, 3.8) is 0 Å². The van der Waals surface area contributed by atoms with Crippen LogP contribution < -0.4 is 16.4 Å². The van der Waals surface area contributed by atoms with Crippen LogP contribution in [0.25, 0.3) is 0 Å². The summed E-state index contributed by atoms with van der Waals surface area (Å²) < 4.78 is 0. The lowest BCUT2D eigenvalue weighted by molar-refractivity contribution is -0.122. The van der Waals surface area contributed by atoms with Crippen LogP contribution in [0.15, 0.2) is 5.38 Å². The minimum Gasteiger partial charge on any atom is -0.369 e. The van der Waals surface area contributed by atoms with Crippen molar-refractivity contribution in [1.82, 2.24) is 4.98 Å². The molecule has 0 radical (unpaired) electrons. The van der Waals surface area contributed by atoms with Crippen LogP contribution in [0.3, 0.4) is 0 Å². The highest BCUT2D eigenvalue weighted by atomic mass is 32.1. The van der Waals surface area contributed by atoms with E-state index >= 15 is 0 Å². The molecule has 1 aromatic rings. The van der Waals surface area contributed by atoms with Crippen LogP contribution in [0.2, 0.25) is 0 Å². The molecule has 1 aliphatic heterocycles. The van der Waals surface area contributed by atoms with E-state index in [-0.39, 0.29) is 17.9 Å². The van der Waals surface area contributed by atoms with Gasteiger partial charge in [-0.15, -0.1) is 11.3 Å². The maximum absolute atomic E-state index is 11.1. The number of nitrogens with two attached hydrogens (primary N) is 2. The molecule has 1 saturated heterocycles. The van der Waals surface area contributed by atoms with Crippen LogP contribution in [0, 0.1) is 5.92 Å². The molecule has 100 valence electrons. The normalized spacial score (nSPS) is 18.9. The third-order valence-electron chi connectivity index (χ3n) is 3.24. The summed E-state index contributed by atoms with van der Waals surface area (Å²) in [5, 5.41) is 3.10. The van der Waals surface area contributed by atoms with Crippen molar-refractivity contribution in [2.75, 3.05) is 18.0 Å². The van der Waals surface area contributed by atoms with Crippen LogP contribution in [0.1, 0.15) is 25.5 Å². The van der Waals surface area contributed by atoms with Crippen LogP contribution in [-0.4, -0.2) is 30.0 Å². The summed E-state index contributed by atoms with van der Waals surface area (Å²) in [5.41, 5.74) is 12.1. The van der Waals surface area contributed by atoms with Gasteiger partial charge in [0.15, 0.2) is 5.13 Å². The van der Waals surface area contributed by atoms with Crippen LogP contribution in [0.4, 0.5) is 5.13 Å². The average molecular weight is 268 g/mol. The topological polar surface area (TPSA) is 85.2 Å². The van der Waals surface area contributed by atoms with E-state index in [0.29, 0.717) is 0 Å². The maximum Gasteiger partial charge on any atom is 0.220 e. The van der Waals surface area contributed by atoms with E-state index in [1.165, 1.54) is 0 Å². The minimum atomic E-state index is -0.175. The van der Waals surface area contributed by atoms with Gasteiger partial charge in [-0.1, -0.05) is 0 Å². The highest BCUT2D eigenvalue weighted by Gasteiger charge is 2.24. The Hall–Kier alpha value is -1.14. The second-order valence-electron chi connectivity index (χ2n) is 4.97. The highest BCUT2D eigenvalue weighted by molar-refractivity contribution is 7.13. The number of piperidine rings is 1. The molecule has 18 heavy (non-hydrogen) atoms. The van der Waals surface area contributed by atoms with Crippen molar-refractivity contribution in [2.24, 2.45) is 17.4 Å². The zero-order valence-electron chi connectivity index (χ0n) is 10.6. The zero-order chi connectivity index (χ0) is 13.1. The lowest BCUT2D eigenvalue weighted by atomic mass is 9.97. The molecule has 1 amide bonds. The van der Waals surface area contributed by atoms with Gasteiger partial charge in [0.2, 0.25) is 5.91 Å². The summed E-state index contributed by atoms with van der Waals surface area (Å²) in [4.78, 5) is 17.9. The second-order valence-corrected chi connectivity index (χ2v) is 5.80. The fraction of sp³-hybridized carbons (Fsp3) is 0.667. The Balaban J connectivity index is 1.93. The third kappa shape index (κ3) is 3.20. The molecule has 0 aromatic carbocycles. The van der Waals surface area contributed by atoms with Crippen molar-refractivity contribution in [2.45, 2.75) is 32.2 Å². The predicted octanol–water partition coefficient (Wildman–Crippen LogP) is 0.734. The fourth-order valence-electron chi connectivity index (χ4n) is 2.22. The van der Waals surface area contributed by atoms with E-state index in [4.69, 9.17) is 11.5 Å². The number of anilines is 1. The Kier molecular flexibility index (Phi) is 4.19. The Morgan fingerprint density at radius 3 is 2.83 bits per heavy atom. The number of hydrogen-bond acceptors (Lipinski definition) is 5. The molecule has 0 spiro atoms. The Morgan fingerprint density at radius 1 is 1.61 bits per heavy atom. The Bertz CT molecular complexity index is 410. The molecule has 4 N–H and O–H groups in total. The molecular weight excluding hydrogens is 248 g/mol. The molecule has 1 atom stereocenters. The summed E-state index contributed by atoms with van der Waals surface area (Å²) in [5.74, 6) is -0.142. The van der Waals surface area contributed by atoms with E-state index in [1.54, 1.807) is 11.3 Å². The summed E-state index contributed by atoms with van der Waals surface area (Å²) in [6, 6.07) is 0.139. The Labute approximate surface area is 111 Å². The van der Waals surface area contributed by atoms with Gasteiger partial charge in [-0.05, 0) is 19.8 Å². The fourth-order valence-corrected chi connectivity index (χ4v) is 3.11. The molecule has 5 nitrogen and oxygen atoms in total. The molecular formula is C12H20N4OS. The summed E-state index contributed by atoms with van der Waals surface area (Å²) in [6.45, 7) is 3.70. The largest absolute Gasteiger partial charge is 0.369 e. The number of carbonyl (C=O) groups excluding carboxylic acids is 1. The molecule has 0 bridgehead atoms. The number of aromatic nitrogens is 1. The number of primary amides is 1. The van der Waals surface area contributed by atoms with E-state index < -0.39 is 0 Å². The number of amides is 1. The first-order valence-corrected chi connectivity index (χ1v) is 7.18. The van der Waals surface area contributed by atoms with E-state index in [2.05, 4.69) is 15.3 Å². The van der Waals surface area contributed by atoms with Crippen molar-refractivity contribution >= 4 is 22.4 Å². The number of thiazole rings is 1. The quantitative estimate of drug-likeness (QED) is 0.843. The van der Waals surface area contributed by atoms with Gasteiger partial charge in [0.05, 0.1) is 5.69 Å². The lowest BCUT2D eigenvalue weighted by Crippen LogP contribution is -2.38. The average Bonchev–Trinajstić information content (AvgIpc) is 2.76. The SMILES string of the molecule is CC(N)Cc1csc(N2CCC(C(N)=O)CC2)n1.